The van der Waals surface area contributed by atoms with Gasteiger partial charge in [0, 0.05) is 6.54 Å². The van der Waals surface area contributed by atoms with Crippen molar-refractivity contribution in [3.05, 3.63) is 35.9 Å². The highest BCUT2D eigenvalue weighted by Gasteiger charge is 2.36. The first-order valence-corrected chi connectivity index (χ1v) is 6.32. The highest BCUT2D eigenvalue weighted by Crippen LogP contribution is 2.20. The molecule has 2 amide bonds. The molecule has 1 aromatic carbocycles. The summed E-state index contributed by atoms with van der Waals surface area (Å²) >= 11 is 0. The van der Waals surface area contributed by atoms with E-state index >= 15 is 0 Å². The van der Waals surface area contributed by atoms with Gasteiger partial charge >= 0.3 is 18.0 Å². The third-order valence-electron chi connectivity index (χ3n) is 2.98. The molecule has 0 radical (unpaired) electrons. The van der Waals surface area contributed by atoms with Gasteiger partial charge in [-0.1, -0.05) is 30.3 Å². The van der Waals surface area contributed by atoms with Gasteiger partial charge < -0.3 is 20.5 Å². The van der Waals surface area contributed by atoms with E-state index in [1.165, 1.54) is 14.0 Å². The van der Waals surface area contributed by atoms with Crippen molar-refractivity contribution >= 4 is 18.0 Å². The van der Waals surface area contributed by atoms with Crippen molar-refractivity contribution in [2.24, 2.45) is 0 Å². The normalized spacial score (nSPS) is 12.9. The Morgan fingerprint density at radius 3 is 2.38 bits per heavy atom. The summed E-state index contributed by atoms with van der Waals surface area (Å²) in [6.45, 7) is 1.45. The van der Waals surface area contributed by atoms with E-state index in [1.54, 1.807) is 30.3 Å². The number of nitrogens with one attached hydrogen (secondary N) is 2. The van der Waals surface area contributed by atoms with Gasteiger partial charge in [-0.15, -0.1) is 0 Å². The van der Waals surface area contributed by atoms with Gasteiger partial charge in [0.05, 0.1) is 13.5 Å². The Hall–Kier alpha value is -2.57. The fourth-order valence-electron chi connectivity index (χ4n) is 1.67. The average Bonchev–Trinajstić information content (AvgIpc) is 2.47. The van der Waals surface area contributed by atoms with E-state index in [2.05, 4.69) is 15.4 Å². The zero-order chi connectivity index (χ0) is 15.9. The Balaban J connectivity index is 2.69. The quantitative estimate of drug-likeness (QED) is 0.675. The number of urea groups is 1. The Morgan fingerprint density at radius 1 is 1.24 bits per heavy atom. The summed E-state index contributed by atoms with van der Waals surface area (Å²) in [5.74, 6) is -1.64. The minimum atomic E-state index is -1.56. The number of carboxylic acids is 1. The lowest BCUT2D eigenvalue weighted by molar-refractivity contribution is -0.144. The van der Waals surface area contributed by atoms with E-state index in [0.717, 1.165) is 0 Å². The smallest absolute Gasteiger partial charge is 0.333 e. The third kappa shape index (κ3) is 4.48. The molecule has 114 valence electrons. The fraction of sp³-hybridized carbons (Fsp3) is 0.357. The third-order valence-corrected chi connectivity index (χ3v) is 2.98. The van der Waals surface area contributed by atoms with E-state index < -0.39 is 23.5 Å². The maximum atomic E-state index is 11.8. The van der Waals surface area contributed by atoms with E-state index in [0.29, 0.717) is 5.56 Å². The van der Waals surface area contributed by atoms with Crippen molar-refractivity contribution in [3.63, 3.8) is 0 Å². The SMILES string of the molecule is COC(=O)CCNC(=O)NC(C)(C(=O)O)c1ccccc1. The number of carbonyl (C=O) groups is 3. The number of amides is 2. The Kier molecular flexibility index (Phi) is 5.71. The van der Waals surface area contributed by atoms with Crippen LogP contribution in [0.5, 0.6) is 0 Å². The maximum Gasteiger partial charge on any atom is 0.333 e. The molecule has 0 spiro atoms. The van der Waals surface area contributed by atoms with Crippen molar-refractivity contribution < 1.29 is 24.2 Å². The van der Waals surface area contributed by atoms with Gasteiger partial charge in [0.2, 0.25) is 0 Å². The molecule has 0 fully saturated rings. The van der Waals surface area contributed by atoms with Gasteiger partial charge in [0.1, 0.15) is 0 Å². The minimum absolute atomic E-state index is 0.0129. The lowest BCUT2D eigenvalue weighted by Gasteiger charge is -2.26. The van der Waals surface area contributed by atoms with E-state index in [-0.39, 0.29) is 13.0 Å². The van der Waals surface area contributed by atoms with Gasteiger partial charge in [0.25, 0.3) is 0 Å². The van der Waals surface area contributed by atoms with Crippen LogP contribution in [-0.2, 0) is 19.9 Å². The van der Waals surface area contributed by atoms with Crippen LogP contribution in [0, 0.1) is 0 Å². The summed E-state index contributed by atoms with van der Waals surface area (Å²) in [5, 5.41) is 14.2. The molecule has 0 bridgehead atoms. The summed E-state index contributed by atoms with van der Waals surface area (Å²) in [5.41, 5.74) is -1.11. The monoisotopic (exact) mass is 294 g/mol. The molecule has 0 aliphatic carbocycles. The zero-order valence-electron chi connectivity index (χ0n) is 11.9. The van der Waals surface area contributed by atoms with Crippen LogP contribution in [0.4, 0.5) is 4.79 Å². The number of rotatable bonds is 6. The Morgan fingerprint density at radius 2 is 1.86 bits per heavy atom. The van der Waals surface area contributed by atoms with Crippen molar-refractivity contribution in [1.82, 2.24) is 10.6 Å². The summed E-state index contributed by atoms with van der Waals surface area (Å²) in [4.78, 5) is 34.2. The van der Waals surface area contributed by atoms with Crippen LogP contribution >= 0.6 is 0 Å². The van der Waals surface area contributed by atoms with Gasteiger partial charge in [-0.3, -0.25) is 4.79 Å². The predicted octanol–water partition coefficient (Wildman–Crippen LogP) is 0.849. The Labute approximate surface area is 122 Å². The average molecular weight is 294 g/mol. The lowest BCUT2D eigenvalue weighted by Crippen LogP contribution is -2.53. The molecule has 1 aromatic rings. The molecule has 0 aliphatic heterocycles. The molecule has 3 N–H and O–H groups in total. The van der Waals surface area contributed by atoms with Crippen LogP contribution < -0.4 is 10.6 Å². The van der Waals surface area contributed by atoms with E-state index in [9.17, 15) is 19.5 Å². The lowest BCUT2D eigenvalue weighted by atomic mass is 9.92. The number of benzene rings is 1. The van der Waals surface area contributed by atoms with Crippen LogP contribution in [0.25, 0.3) is 0 Å². The number of esters is 1. The van der Waals surface area contributed by atoms with Crippen molar-refractivity contribution in [2.45, 2.75) is 18.9 Å². The zero-order valence-corrected chi connectivity index (χ0v) is 11.9. The number of ether oxygens (including phenoxy) is 1. The second kappa shape index (κ2) is 7.28. The summed E-state index contributed by atoms with van der Waals surface area (Å²) in [6.07, 6.45) is 0.0129. The van der Waals surface area contributed by atoms with Crippen LogP contribution in [0.3, 0.4) is 0 Å². The first-order chi connectivity index (χ1) is 9.90. The molecule has 21 heavy (non-hydrogen) atoms. The number of carboxylic acid groups (broad SMARTS) is 1. The number of hydrogen-bond acceptors (Lipinski definition) is 4. The van der Waals surface area contributed by atoms with Crippen molar-refractivity contribution in [1.29, 1.82) is 0 Å². The standard InChI is InChI=1S/C14H18N2O5/c1-14(12(18)19,10-6-4-3-5-7-10)16-13(20)15-9-8-11(17)21-2/h3-7H,8-9H2,1-2H3,(H,18,19)(H2,15,16,20). The van der Waals surface area contributed by atoms with E-state index in [1.807, 2.05) is 0 Å². The van der Waals surface area contributed by atoms with Crippen LogP contribution in [0.15, 0.2) is 30.3 Å². The molecular weight excluding hydrogens is 276 g/mol. The van der Waals surface area contributed by atoms with E-state index in [4.69, 9.17) is 0 Å². The fourth-order valence-corrected chi connectivity index (χ4v) is 1.67. The number of methoxy groups -OCH3 is 1. The second-order valence-corrected chi connectivity index (χ2v) is 4.50. The molecule has 0 heterocycles. The molecule has 0 aliphatic rings. The minimum Gasteiger partial charge on any atom is -0.479 e. The number of hydrogen-bond donors (Lipinski definition) is 3. The van der Waals surface area contributed by atoms with Crippen LogP contribution in [-0.4, -0.2) is 36.7 Å². The first kappa shape index (κ1) is 16.5. The number of carbonyl (C=O) groups excluding carboxylic acids is 2. The Bertz CT molecular complexity index is 517. The molecule has 1 rings (SSSR count). The molecule has 1 atom stereocenters. The highest BCUT2D eigenvalue weighted by molar-refractivity contribution is 5.87. The summed E-state index contributed by atoms with van der Waals surface area (Å²) in [6, 6.07) is 7.68. The van der Waals surface area contributed by atoms with Crippen molar-refractivity contribution in [3.8, 4) is 0 Å². The molecular formula is C14H18N2O5. The molecule has 0 aromatic heterocycles. The molecule has 0 saturated heterocycles. The van der Waals surface area contributed by atoms with Gasteiger partial charge in [-0.2, -0.15) is 0 Å². The largest absolute Gasteiger partial charge is 0.479 e. The van der Waals surface area contributed by atoms with Gasteiger partial charge in [-0.25, -0.2) is 9.59 Å². The number of aliphatic carboxylic acids is 1. The first-order valence-electron chi connectivity index (χ1n) is 6.32. The second-order valence-electron chi connectivity index (χ2n) is 4.50. The van der Waals surface area contributed by atoms with Gasteiger partial charge in [0.15, 0.2) is 5.54 Å². The molecule has 1 unspecified atom stereocenters. The summed E-state index contributed by atoms with van der Waals surface area (Å²) < 4.78 is 4.44. The van der Waals surface area contributed by atoms with Crippen molar-refractivity contribution in [2.75, 3.05) is 13.7 Å². The highest BCUT2D eigenvalue weighted by atomic mass is 16.5. The van der Waals surface area contributed by atoms with Crippen LogP contribution in [0.2, 0.25) is 0 Å². The van der Waals surface area contributed by atoms with Gasteiger partial charge in [-0.05, 0) is 12.5 Å². The maximum absolute atomic E-state index is 11.8. The topological polar surface area (TPSA) is 105 Å². The summed E-state index contributed by atoms with van der Waals surface area (Å²) in [7, 11) is 1.25. The molecule has 7 heteroatoms. The molecule has 0 saturated carbocycles. The predicted molar refractivity (Wildman–Crippen MR) is 74.6 cm³/mol. The van der Waals surface area contributed by atoms with Crippen LogP contribution in [0.1, 0.15) is 18.9 Å². The molecule has 7 nitrogen and oxygen atoms in total.